The molecule has 1 aromatic carbocycles. The molecule has 2 rings (SSSR count). The third-order valence-corrected chi connectivity index (χ3v) is 7.33. The molecule has 7 nitrogen and oxygen atoms in total. The Morgan fingerprint density at radius 3 is 2.17 bits per heavy atom. The first-order valence-corrected chi connectivity index (χ1v) is 11.6. The zero-order chi connectivity index (χ0) is 21.8. The topological polar surface area (TPSA) is 95.6 Å². The second-order valence-corrected chi connectivity index (χ2v) is 10.0. The van der Waals surface area contributed by atoms with E-state index < -0.39 is 10.0 Å². The number of carbonyl (C=O) groups is 2. The van der Waals surface area contributed by atoms with Crippen molar-refractivity contribution in [2.45, 2.75) is 64.8 Å². The molecule has 1 heterocycles. The van der Waals surface area contributed by atoms with Gasteiger partial charge < -0.3 is 10.6 Å². The van der Waals surface area contributed by atoms with Gasteiger partial charge in [0.1, 0.15) is 0 Å². The van der Waals surface area contributed by atoms with Crippen LogP contribution in [0, 0.1) is 26.7 Å². The van der Waals surface area contributed by atoms with Gasteiger partial charge in [0.2, 0.25) is 21.8 Å². The van der Waals surface area contributed by atoms with Gasteiger partial charge in [-0.2, -0.15) is 4.31 Å². The van der Waals surface area contributed by atoms with E-state index in [1.807, 2.05) is 46.8 Å². The van der Waals surface area contributed by atoms with E-state index in [1.165, 1.54) is 4.31 Å². The zero-order valence-corrected chi connectivity index (χ0v) is 18.9. The summed E-state index contributed by atoms with van der Waals surface area (Å²) in [6, 6.07) is 3.84. The highest BCUT2D eigenvalue weighted by Gasteiger charge is 2.33. The van der Waals surface area contributed by atoms with Crippen molar-refractivity contribution in [3.8, 4) is 0 Å². The van der Waals surface area contributed by atoms with Crippen LogP contribution in [0.4, 0.5) is 0 Å². The largest absolute Gasteiger partial charge is 0.355 e. The van der Waals surface area contributed by atoms with Gasteiger partial charge in [0.05, 0.1) is 4.90 Å². The molecule has 1 saturated heterocycles. The van der Waals surface area contributed by atoms with Gasteiger partial charge in [-0.05, 0) is 58.6 Å². The number of piperidine rings is 1. The van der Waals surface area contributed by atoms with E-state index in [2.05, 4.69) is 10.6 Å². The summed E-state index contributed by atoms with van der Waals surface area (Å²) in [6.07, 6.45) is 1.20. The molecule has 0 aliphatic carbocycles. The van der Waals surface area contributed by atoms with Gasteiger partial charge >= 0.3 is 0 Å². The number of carbonyl (C=O) groups excluding carboxylic acids is 2. The number of sulfonamides is 1. The summed E-state index contributed by atoms with van der Waals surface area (Å²) in [7, 11) is -3.58. The van der Waals surface area contributed by atoms with Crippen LogP contribution in [0.2, 0.25) is 0 Å². The van der Waals surface area contributed by atoms with E-state index in [0.29, 0.717) is 30.8 Å². The Bertz CT molecular complexity index is 834. The Labute approximate surface area is 174 Å². The van der Waals surface area contributed by atoms with Crippen molar-refractivity contribution in [3.05, 3.63) is 28.8 Å². The molecule has 1 aliphatic rings. The van der Waals surface area contributed by atoms with E-state index in [4.69, 9.17) is 0 Å². The molecule has 1 fully saturated rings. The molecule has 0 atom stereocenters. The second-order valence-electron chi connectivity index (χ2n) is 8.17. The van der Waals surface area contributed by atoms with E-state index in [-0.39, 0.29) is 36.7 Å². The molecule has 1 aromatic rings. The standard InChI is InChI=1S/C21H33N3O4S/c1-14(2)23-19(25)6-9-22-21(26)18-7-10-24(11-8-18)29(27,28)20-16(4)12-15(3)13-17(20)5/h12-14,18H,6-11H2,1-5H3,(H,22,26)(H,23,25). The van der Waals surface area contributed by atoms with Crippen LogP contribution in [0.15, 0.2) is 17.0 Å². The lowest BCUT2D eigenvalue weighted by molar-refractivity contribution is -0.126. The third kappa shape index (κ3) is 6.02. The van der Waals surface area contributed by atoms with Crippen LogP contribution in [-0.2, 0) is 19.6 Å². The predicted octanol–water partition coefficient (Wildman–Crippen LogP) is 2.04. The molecule has 1 aliphatic heterocycles. The number of nitrogens with one attached hydrogen (secondary N) is 2. The van der Waals surface area contributed by atoms with E-state index in [0.717, 1.165) is 16.7 Å². The van der Waals surface area contributed by atoms with Gasteiger partial charge in [-0.15, -0.1) is 0 Å². The summed E-state index contributed by atoms with van der Waals surface area (Å²) in [6.45, 7) is 10.3. The lowest BCUT2D eigenvalue weighted by Gasteiger charge is -2.31. The SMILES string of the molecule is Cc1cc(C)c(S(=O)(=O)N2CCC(C(=O)NCCC(=O)NC(C)C)CC2)c(C)c1. The van der Waals surface area contributed by atoms with Crippen molar-refractivity contribution in [3.63, 3.8) is 0 Å². The van der Waals surface area contributed by atoms with Crippen molar-refractivity contribution in [2.75, 3.05) is 19.6 Å². The molecule has 0 spiro atoms. The average molecular weight is 424 g/mol. The van der Waals surface area contributed by atoms with Crippen molar-refractivity contribution in [2.24, 2.45) is 5.92 Å². The Kier molecular flexibility index (Phi) is 7.82. The first-order chi connectivity index (χ1) is 13.5. The molecule has 0 aromatic heterocycles. The lowest BCUT2D eigenvalue weighted by Crippen LogP contribution is -2.43. The quantitative estimate of drug-likeness (QED) is 0.702. The van der Waals surface area contributed by atoms with Gasteiger partial charge in [-0.25, -0.2) is 8.42 Å². The number of hydrogen-bond donors (Lipinski definition) is 2. The van der Waals surface area contributed by atoms with Crippen LogP contribution in [0.25, 0.3) is 0 Å². The van der Waals surface area contributed by atoms with Gasteiger partial charge in [-0.3, -0.25) is 9.59 Å². The Morgan fingerprint density at radius 1 is 1.10 bits per heavy atom. The van der Waals surface area contributed by atoms with Crippen molar-refractivity contribution in [1.82, 2.24) is 14.9 Å². The summed E-state index contributed by atoms with van der Waals surface area (Å²) in [5.41, 5.74) is 2.54. The van der Waals surface area contributed by atoms with Crippen LogP contribution in [0.3, 0.4) is 0 Å². The van der Waals surface area contributed by atoms with Gasteiger partial charge in [0.25, 0.3) is 0 Å². The zero-order valence-electron chi connectivity index (χ0n) is 18.0. The van der Waals surface area contributed by atoms with E-state index in [9.17, 15) is 18.0 Å². The maximum absolute atomic E-state index is 13.1. The number of nitrogens with zero attached hydrogens (tertiary/aromatic N) is 1. The normalized spacial score (nSPS) is 16.1. The molecule has 8 heteroatoms. The minimum absolute atomic E-state index is 0.0743. The minimum atomic E-state index is -3.58. The average Bonchev–Trinajstić information content (AvgIpc) is 2.60. The fourth-order valence-electron chi connectivity index (χ4n) is 3.90. The summed E-state index contributed by atoms with van der Waals surface area (Å²) in [5.74, 6) is -0.429. The molecular formula is C21H33N3O4S. The number of benzene rings is 1. The molecule has 2 N–H and O–H groups in total. The summed E-state index contributed by atoms with van der Waals surface area (Å²) >= 11 is 0. The number of hydrogen-bond acceptors (Lipinski definition) is 4. The van der Waals surface area contributed by atoms with Crippen LogP contribution >= 0.6 is 0 Å². The molecule has 0 saturated carbocycles. The molecule has 2 amide bonds. The number of aryl methyl sites for hydroxylation is 3. The maximum Gasteiger partial charge on any atom is 0.243 e. The lowest BCUT2D eigenvalue weighted by atomic mass is 9.97. The van der Waals surface area contributed by atoms with Crippen LogP contribution in [-0.4, -0.2) is 50.2 Å². The van der Waals surface area contributed by atoms with E-state index >= 15 is 0 Å². The van der Waals surface area contributed by atoms with Gasteiger partial charge in [0.15, 0.2) is 0 Å². The van der Waals surface area contributed by atoms with Crippen LogP contribution < -0.4 is 10.6 Å². The Morgan fingerprint density at radius 2 is 1.66 bits per heavy atom. The summed E-state index contributed by atoms with van der Waals surface area (Å²) < 4.78 is 27.7. The van der Waals surface area contributed by atoms with E-state index in [1.54, 1.807) is 0 Å². The maximum atomic E-state index is 13.1. The molecule has 29 heavy (non-hydrogen) atoms. The first-order valence-electron chi connectivity index (χ1n) is 10.2. The summed E-state index contributed by atoms with van der Waals surface area (Å²) in [4.78, 5) is 24.4. The predicted molar refractivity (Wildman–Crippen MR) is 113 cm³/mol. The smallest absolute Gasteiger partial charge is 0.243 e. The van der Waals surface area contributed by atoms with Crippen molar-refractivity contribution in [1.29, 1.82) is 0 Å². The van der Waals surface area contributed by atoms with Gasteiger partial charge in [-0.1, -0.05) is 17.7 Å². The molecule has 0 bridgehead atoms. The molecular weight excluding hydrogens is 390 g/mol. The number of amides is 2. The molecule has 0 unspecified atom stereocenters. The van der Waals surface area contributed by atoms with Crippen LogP contribution in [0.5, 0.6) is 0 Å². The third-order valence-electron chi connectivity index (χ3n) is 5.13. The monoisotopic (exact) mass is 423 g/mol. The first kappa shape index (κ1) is 23.3. The highest BCUT2D eigenvalue weighted by molar-refractivity contribution is 7.89. The Hall–Kier alpha value is -1.93. The number of rotatable bonds is 7. The van der Waals surface area contributed by atoms with Crippen molar-refractivity contribution < 1.29 is 18.0 Å². The van der Waals surface area contributed by atoms with Crippen LogP contribution in [0.1, 0.15) is 49.8 Å². The highest BCUT2D eigenvalue weighted by Crippen LogP contribution is 2.28. The fraction of sp³-hybridized carbons (Fsp3) is 0.619. The molecule has 0 radical (unpaired) electrons. The summed E-state index contributed by atoms with van der Waals surface area (Å²) in [5, 5.41) is 5.58. The minimum Gasteiger partial charge on any atom is -0.355 e. The van der Waals surface area contributed by atoms with Crippen molar-refractivity contribution >= 4 is 21.8 Å². The molecule has 162 valence electrons. The Balaban J connectivity index is 1.91. The second kappa shape index (κ2) is 9.71. The fourth-order valence-corrected chi connectivity index (χ4v) is 5.78. The highest BCUT2D eigenvalue weighted by atomic mass is 32.2. The van der Waals surface area contributed by atoms with Gasteiger partial charge in [0, 0.05) is 38.0 Å².